The van der Waals surface area contributed by atoms with Crippen molar-refractivity contribution in [2.75, 3.05) is 26.2 Å². The summed E-state index contributed by atoms with van der Waals surface area (Å²) in [4.78, 5) is 27.0. The summed E-state index contributed by atoms with van der Waals surface area (Å²) in [5, 5.41) is 8.81. The van der Waals surface area contributed by atoms with Crippen LogP contribution in [0.5, 0.6) is 0 Å². The second-order valence-electron chi connectivity index (χ2n) is 6.55. The van der Waals surface area contributed by atoms with E-state index in [1.165, 1.54) is 0 Å². The van der Waals surface area contributed by atoms with Gasteiger partial charge in [0.2, 0.25) is 0 Å². The Balaban J connectivity index is 1.79. The molecule has 1 atom stereocenters. The molecule has 2 amide bonds. The van der Waals surface area contributed by atoms with Crippen molar-refractivity contribution in [1.82, 2.24) is 9.80 Å². The summed E-state index contributed by atoms with van der Waals surface area (Å²) in [6, 6.07) is 0.155. The van der Waals surface area contributed by atoms with Gasteiger partial charge in [-0.1, -0.05) is 13.8 Å². The second-order valence-corrected chi connectivity index (χ2v) is 6.55. The van der Waals surface area contributed by atoms with Crippen LogP contribution >= 0.6 is 0 Å². The minimum atomic E-state index is -0.728. The molecule has 1 N–H and O–H groups in total. The second kappa shape index (κ2) is 6.46. The third kappa shape index (κ3) is 3.64. The number of carboxylic acid groups (broad SMARTS) is 1. The van der Waals surface area contributed by atoms with Gasteiger partial charge in [-0.25, -0.2) is 4.79 Å². The Hall–Kier alpha value is -1.26. The Bertz CT molecular complexity index is 362. The summed E-state index contributed by atoms with van der Waals surface area (Å²) in [6.07, 6.45) is 2.99. The predicted molar refractivity (Wildman–Crippen MR) is 76.5 cm³/mol. The maximum atomic E-state index is 12.4. The third-order valence-corrected chi connectivity index (χ3v) is 4.79. The van der Waals surface area contributed by atoms with Crippen LogP contribution in [-0.2, 0) is 4.79 Å². The van der Waals surface area contributed by atoms with Crippen molar-refractivity contribution in [3.63, 3.8) is 0 Å². The summed E-state index contributed by atoms with van der Waals surface area (Å²) in [5.41, 5.74) is 0. The Labute approximate surface area is 120 Å². The van der Waals surface area contributed by atoms with Gasteiger partial charge in [0.25, 0.3) is 0 Å². The molecule has 0 aromatic heterocycles. The zero-order valence-corrected chi connectivity index (χ0v) is 12.5. The molecule has 2 rings (SSSR count). The minimum absolute atomic E-state index is 0.155. The number of amides is 2. The quantitative estimate of drug-likeness (QED) is 0.863. The molecule has 0 spiro atoms. The molecule has 2 heterocycles. The van der Waals surface area contributed by atoms with Gasteiger partial charge in [-0.3, -0.25) is 4.79 Å². The van der Waals surface area contributed by atoms with E-state index in [0.29, 0.717) is 24.9 Å². The predicted octanol–water partition coefficient (Wildman–Crippen LogP) is 2.27. The zero-order chi connectivity index (χ0) is 14.7. The molecule has 0 radical (unpaired) electrons. The van der Waals surface area contributed by atoms with Crippen LogP contribution in [0, 0.1) is 17.8 Å². The summed E-state index contributed by atoms with van der Waals surface area (Å²) in [6.45, 7) is 7.60. The molecule has 20 heavy (non-hydrogen) atoms. The Morgan fingerprint density at radius 1 is 1.10 bits per heavy atom. The Morgan fingerprint density at radius 2 is 1.70 bits per heavy atom. The van der Waals surface area contributed by atoms with Gasteiger partial charge in [0, 0.05) is 32.6 Å². The SMILES string of the molecule is CC(C)C1CCN(C(=O)N2CCC(CC(=O)O)CC2)C1. The van der Waals surface area contributed by atoms with Gasteiger partial charge in [0.15, 0.2) is 0 Å². The third-order valence-electron chi connectivity index (χ3n) is 4.79. The molecule has 5 nitrogen and oxygen atoms in total. The van der Waals surface area contributed by atoms with E-state index >= 15 is 0 Å². The number of carbonyl (C=O) groups excluding carboxylic acids is 1. The van der Waals surface area contributed by atoms with E-state index in [9.17, 15) is 9.59 Å². The number of carboxylic acids is 1. The van der Waals surface area contributed by atoms with Crippen LogP contribution in [0.3, 0.4) is 0 Å². The van der Waals surface area contributed by atoms with Gasteiger partial charge in [0.1, 0.15) is 0 Å². The van der Waals surface area contributed by atoms with Crippen LogP contribution in [0.1, 0.15) is 39.5 Å². The number of carbonyl (C=O) groups is 2. The van der Waals surface area contributed by atoms with Crippen molar-refractivity contribution in [2.45, 2.75) is 39.5 Å². The van der Waals surface area contributed by atoms with Gasteiger partial charge in [-0.2, -0.15) is 0 Å². The van der Waals surface area contributed by atoms with Crippen LogP contribution in [0.4, 0.5) is 4.79 Å². The number of hydrogen-bond donors (Lipinski definition) is 1. The molecule has 0 aromatic rings. The lowest BCUT2D eigenvalue weighted by atomic mass is 9.94. The molecule has 0 bridgehead atoms. The maximum Gasteiger partial charge on any atom is 0.320 e. The van der Waals surface area contributed by atoms with Crippen molar-refractivity contribution in [1.29, 1.82) is 0 Å². The Morgan fingerprint density at radius 3 is 2.20 bits per heavy atom. The van der Waals surface area contributed by atoms with Gasteiger partial charge in [-0.05, 0) is 37.0 Å². The van der Waals surface area contributed by atoms with Crippen molar-refractivity contribution >= 4 is 12.0 Å². The van der Waals surface area contributed by atoms with E-state index in [4.69, 9.17) is 5.11 Å². The highest BCUT2D eigenvalue weighted by atomic mass is 16.4. The molecule has 114 valence electrons. The standard InChI is InChI=1S/C15H26N2O3/c1-11(2)13-5-8-17(10-13)15(20)16-6-3-12(4-7-16)9-14(18)19/h11-13H,3-10H2,1-2H3,(H,18,19). The van der Waals surface area contributed by atoms with E-state index in [-0.39, 0.29) is 18.4 Å². The highest BCUT2D eigenvalue weighted by molar-refractivity contribution is 5.75. The van der Waals surface area contributed by atoms with E-state index in [0.717, 1.165) is 32.4 Å². The average Bonchev–Trinajstić information content (AvgIpc) is 2.88. The molecular weight excluding hydrogens is 256 g/mol. The fraction of sp³-hybridized carbons (Fsp3) is 0.867. The van der Waals surface area contributed by atoms with Crippen LogP contribution in [0.2, 0.25) is 0 Å². The molecule has 0 aliphatic carbocycles. The highest BCUT2D eigenvalue weighted by Gasteiger charge is 2.32. The van der Waals surface area contributed by atoms with Crippen LogP contribution < -0.4 is 0 Å². The van der Waals surface area contributed by atoms with Crippen molar-refractivity contribution in [2.24, 2.45) is 17.8 Å². The van der Waals surface area contributed by atoms with Crippen LogP contribution in [-0.4, -0.2) is 53.1 Å². The number of piperidine rings is 1. The fourth-order valence-electron chi connectivity index (χ4n) is 3.28. The lowest BCUT2D eigenvalue weighted by Crippen LogP contribution is -2.46. The van der Waals surface area contributed by atoms with E-state index in [2.05, 4.69) is 13.8 Å². The first kappa shape index (κ1) is 15.1. The van der Waals surface area contributed by atoms with Gasteiger partial charge < -0.3 is 14.9 Å². The summed E-state index contributed by atoms with van der Waals surface area (Å²) < 4.78 is 0. The highest BCUT2D eigenvalue weighted by Crippen LogP contribution is 2.26. The first-order valence-electron chi connectivity index (χ1n) is 7.73. The van der Waals surface area contributed by atoms with E-state index in [1.807, 2.05) is 9.80 Å². The molecule has 2 aliphatic heterocycles. The molecule has 1 unspecified atom stereocenters. The van der Waals surface area contributed by atoms with Gasteiger partial charge in [-0.15, -0.1) is 0 Å². The van der Waals surface area contributed by atoms with Crippen molar-refractivity contribution in [3.8, 4) is 0 Å². The number of rotatable bonds is 3. The molecule has 0 aromatic carbocycles. The molecular formula is C15H26N2O3. The number of aliphatic carboxylic acids is 1. The van der Waals surface area contributed by atoms with E-state index < -0.39 is 5.97 Å². The van der Waals surface area contributed by atoms with Crippen LogP contribution in [0.15, 0.2) is 0 Å². The van der Waals surface area contributed by atoms with Gasteiger partial charge >= 0.3 is 12.0 Å². The number of urea groups is 1. The topological polar surface area (TPSA) is 60.9 Å². The smallest absolute Gasteiger partial charge is 0.320 e. The largest absolute Gasteiger partial charge is 0.481 e. The first-order chi connectivity index (χ1) is 9.47. The maximum absolute atomic E-state index is 12.4. The lowest BCUT2D eigenvalue weighted by Gasteiger charge is -2.34. The molecule has 0 saturated carbocycles. The van der Waals surface area contributed by atoms with Crippen LogP contribution in [0.25, 0.3) is 0 Å². The number of likely N-dealkylation sites (tertiary alicyclic amines) is 2. The summed E-state index contributed by atoms with van der Waals surface area (Å²) in [7, 11) is 0. The lowest BCUT2D eigenvalue weighted by molar-refractivity contribution is -0.138. The number of hydrogen-bond acceptors (Lipinski definition) is 2. The monoisotopic (exact) mass is 282 g/mol. The van der Waals surface area contributed by atoms with Crippen molar-refractivity contribution in [3.05, 3.63) is 0 Å². The first-order valence-corrected chi connectivity index (χ1v) is 7.73. The normalized spacial score (nSPS) is 24.4. The number of nitrogens with zero attached hydrogens (tertiary/aromatic N) is 2. The molecule has 5 heteroatoms. The van der Waals surface area contributed by atoms with Gasteiger partial charge in [0.05, 0.1) is 0 Å². The van der Waals surface area contributed by atoms with Crippen molar-refractivity contribution < 1.29 is 14.7 Å². The summed E-state index contributed by atoms with van der Waals surface area (Å²) >= 11 is 0. The minimum Gasteiger partial charge on any atom is -0.481 e. The average molecular weight is 282 g/mol. The molecule has 2 fully saturated rings. The summed E-state index contributed by atoms with van der Waals surface area (Å²) in [5.74, 6) is 0.769. The Kier molecular flexibility index (Phi) is 4.89. The molecule has 2 aliphatic rings. The molecule has 2 saturated heterocycles. The van der Waals surface area contributed by atoms with E-state index in [1.54, 1.807) is 0 Å². The fourth-order valence-corrected chi connectivity index (χ4v) is 3.28. The zero-order valence-electron chi connectivity index (χ0n) is 12.5.